The van der Waals surface area contributed by atoms with Crippen LogP contribution in [-0.4, -0.2) is 28.0 Å². The first kappa shape index (κ1) is 18.3. The summed E-state index contributed by atoms with van der Waals surface area (Å²) >= 11 is 0. The van der Waals surface area contributed by atoms with E-state index in [1.807, 2.05) is 13.8 Å². The normalized spacial score (nSPS) is 10.7. The van der Waals surface area contributed by atoms with Crippen LogP contribution in [0.25, 0.3) is 11.5 Å². The molecule has 0 aliphatic rings. The Bertz CT molecular complexity index is 961. The first-order valence-electron chi connectivity index (χ1n) is 8.56. The first-order valence-corrected chi connectivity index (χ1v) is 8.56. The van der Waals surface area contributed by atoms with E-state index in [1.54, 1.807) is 55.5 Å². The minimum Gasteiger partial charge on any atom is -0.350 e. The monoisotopic (exact) mass is 364 g/mol. The average Bonchev–Trinajstić information content (AvgIpc) is 3.08. The summed E-state index contributed by atoms with van der Waals surface area (Å²) in [6, 6.07) is 13.7. The van der Waals surface area contributed by atoms with Gasteiger partial charge in [-0.15, -0.1) is 0 Å². The van der Waals surface area contributed by atoms with E-state index in [-0.39, 0.29) is 17.9 Å². The second-order valence-corrected chi connectivity index (χ2v) is 6.35. The van der Waals surface area contributed by atoms with Gasteiger partial charge in [-0.2, -0.15) is 4.98 Å². The topological polar surface area (TPSA) is 97.1 Å². The highest BCUT2D eigenvalue weighted by Crippen LogP contribution is 2.20. The number of para-hydroxylation sites is 1. The molecule has 27 heavy (non-hydrogen) atoms. The average molecular weight is 364 g/mol. The molecule has 7 heteroatoms. The molecule has 0 atom stereocenters. The molecule has 0 saturated heterocycles. The van der Waals surface area contributed by atoms with Gasteiger partial charge >= 0.3 is 0 Å². The Morgan fingerprint density at radius 1 is 1.00 bits per heavy atom. The maximum atomic E-state index is 12.6. The molecule has 1 aromatic heterocycles. The van der Waals surface area contributed by atoms with Gasteiger partial charge in [0.25, 0.3) is 17.7 Å². The van der Waals surface area contributed by atoms with Crippen LogP contribution in [0.15, 0.2) is 53.1 Å². The van der Waals surface area contributed by atoms with Crippen LogP contribution < -0.4 is 10.6 Å². The van der Waals surface area contributed by atoms with Crippen molar-refractivity contribution in [2.75, 3.05) is 5.32 Å². The molecule has 2 aromatic carbocycles. The third-order valence-corrected chi connectivity index (χ3v) is 3.76. The highest BCUT2D eigenvalue weighted by molar-refractivity contribution is 6.09. The zero-order valence-electron chi connectivity index (χ0n) is 15.3. The maximum absolute atomic E-state index is 12.6. The van der Waals surface area contributed by atoms with Crippen molar-refractivity contribution in [2.45, 2.75) is 26.8 Å². The van der Waals surface area contributed by atoms with Crippen molar-refractivity contribution in [3.63, 3.8) is 0 Å². The van der Waals surface area contributed by atoms with Crippen LogP contribution in [0.2, 0.25) is 0 Å². The number of anilines is 1. The van der Waals surface area contributed by atoms with E-state index in [0.717, 1.165) is 5.56 Å². The summed E-state index contributed by atoms with van der Waals surface area (Å²) in [5.74, 6) is 0.398. The van der Waals surface area contributed by atoms with Gasteiger partial charge in [0.2, 0.25) is 0 Å². The van der Waals surface area contributed by atoms with Gasteiger partial charge in [-0.1, -0.05) is 17.3 Å². The molecule has 0 saturated carbocycles. The number of hydrogen-bond donors (Lipinski definition) is 2. The predicted octanol–water partition coefficient (Wildman–Crippen LogP) is 3.44. The summed E-state index contributed by atoms with van der Waals surface area (Å²) in [4.78, 5) is 29.0. The van der Waals surface area contributed by atoms with Crippen molar-refractivity contribution in [2.24, 2.45) is 0 Å². The molecule has 1 heterocycles. The Hall–Kier alpha value is -3.48. The molecule has 0 unspecified atom stereocenters. The predicted molar refractivity (Wildman–Crippen MR) is 101 cm³/mol. The molecule has 138 valence electrons. The van der Waals surface area contributed by atoms with Gasteiger partial charge in [0.1, 0.15) is 0 Å². The Morgan fingerprint density at radius 2 is 1.70 bits per heavy atom. The van der Waals surface area contributed by atoms with Crippen LogP contribution in [0, 0.1) is 6.92 Å². The van der Waals surface area contributed by atoms with Crippen molar-refractivity contribution in [1.82, 2.24) is 15.5 Å². The third-order valence-electron chi connectivity index (χ3n) is 3.76. The van der Waals surface area contributed by atoms with Crippen molar-refractivity contribution in [3.05, 3.63) is 65.5 Å². The lowest BCUT2D eigenvalue weighted by molar-refractivity contribution is 0.0944. The molecule has 0 aliphatic heterocycles. The molecule has 2 amide bonds. The number of rotatable bonds is 5. The summed E-state index contributed by atoms with van der Waals surface area (Å²) in [7, 11) is 0. The van der Waals surface area contributed by atoms with E-state index in [9.17, 15) is 9.59 Å². The van der Waals surface area contributed by atoms with Crippen LogP contribution in [0.4, 0.5) is 5.69 Å². The van der Waals surface area contributed by atoms with E-state index in [1.165, 1.54) is 0 Å². The molecule has 0 spiro atoms. The number of carbonyl (C=O) groups is 2. The quantitative estimate of drug-likeness (QED) is 0.723. The Morgan fingerprint density at radius 3 is 2.33 bits per heavy atom. The Labute approximate surface area is 156 Å². The molecular formula is C20H20N4O3. The lowest BCUT2D eigenvalue weighted by Crippen LogP contribution is -2.31. The van der Waals surface area contributed by atoms with E-state index >= 15 is 0 Å². The zero-order chi connectivity index (χ0) is 19.4. The summed E-state index contributed by atoms with van der Waals surface area (Å²) in [6.07, 6.45) is 0. The number of nitrogens with one attached hydrogen (secondary N) is 2. The fraction of sp³-hybridized carbons (Fsp3) is 0.200. The lowest BCUT2D eigenvalue weighted by atomic mass is 10.1. The van der Waals surface area contributed by atoms with Crippen molar-refractivity contribution in [3.8, 4) is 11.5 Å². The number of nitrogens with zero attached hydrogens (tertiary/aromatic N) is 2. The smallest absolute Gasteiger partial charge is 0.257 e. The fourth-order valence-electron chi connectivity index (χ4n) is 2.50. The molecule has 7 nitrogen and oxygen atoms in total. The van der Waals surface area contributed by atoms with E-state index in [2.05, 4.69) is 20.8 Å². The second-order valence-electron chi connectivity index (χ2n) is 6.35. The van der Waals surface area contributed by atoms with Gasteiger partial charge in [0.05, 0.1) is 11.3 Å². The molecule has 0 bridgehead atoms. The fourth-order valence-corrected chi connectivity index (χ4v) is 2.50. The SMILES string of the molecule is Cc1noc(-c2ccc(C(=O)Nc3ccccc3C(=O)NC(C)C)cc2)n1. The van der Waals surface area contributed by atoms with E-state index in [0.29, 0.717) is 28.5 Å². The van der Waals surface area contributed by atoms with E-state index < -0.39 is 0 Å². The highest BCUT2D eigenvalue weighted by atomic mass is 16.5. The minimum atomic E-state index is -0.312. The van der Waals surface area contributed by atoms with Gasteiger partial charge in [-0.05, 0) is 57.2 Å². The Kier molecular flexibility index (Phi) is 5.30. The van der Waals surface area contributed by atoms with Crippen molar-refractivity contribution in [1.29, 1.82) is 0 Å². The van der Waals surface area contributed by atoms with Gasteiger partial charge < -0.3 is 15.2 Å². The minimum absolute atomic E-state index is 0.00198. The van der Waals surface area contributed by atoms with Gasteiger partial charge in [0, 0.05) is 17.2 Å². The summed E-state index contributed by atoms with van der Waals surface area (Å²) in [5.41, 5.74) is 2.05. The third kappa shape index (κ3) is 4.38. The number of amides is 2. The number of carbonyl (C=O) groups excluding carboxylic acids is 2. The molecular weight excluding hydrogens is 344 g/mol. The first-order chi connectivity index (χ1) is 12.9. The molecule has 0 aliphatic carbocycles. The highest BCUT2D eigenvalue weighted by Gasteiger charge is 2.15. The zero-order valence-corrected chi connectivity index (χ0v) is 15.3. The van der Waals surface area contributed by atoms with Crippen LogP contribution in [-0.2, 0) is 0 Å². The number of hydrogen-bond acceptors (Lipinski definition) is 5. The summed E-state index contributed by atoms with van der Waals surface area (Å²) in [5, 5.41) is 9.37. The standard InChI is InChI=1S/C20H20N4O3/c1-12(2)21-19(26)16-6-4-5-7-17(16)23-18(25)14-8-10-15(11-9-14)20-22-13(3)24-27-20/h4-12H,1-3H3,(H,21,26)(H,23,25). The van der Waals surface area contributed by atoms with Crippen LogP contribution >= 0.6 is 0 Å². The molecule has 3 aromatic rings. The molecule has 0 radical (unpaired) electrons. The molecule has 3 rings (SSSR count). The number of benzene rings is 2. The van der Waals surface area contributed by atoms with Gasteiger partial charge in [-0.3, -0.25) is 9.59 Å². The largest absolute Gasteiger partial charge is 0.350 e. The van der Waals surface area contributed by atoms with Gasteiger partial charge in [-0.25, -0.2) is 0 Å². The summed E-state index contributed by atoms with van der Waals surface area (Å²) < 4.78 is 5.11. The summed E-state index contributed by atoms with van der Waals surface area (Å²) in [6.45, 7) is 5.50. The Balaban J connectivity index is 1.77. The van der Waals surface area contributed by atoms with Crippen molar-refractivity contribution < 1.29 is 14.1 Å². The molecule has 0 fully saturated rings. The number of aromatic nitrogens is 2. The van der Waals surface area contributed by atoms with Crippen LogP contribution in [0.1, 0.15) is 40.4 Å². The lowest BCUT2D eigenvalue weighted by Gasteiger charge is -2.13. The van der Waals surface area contributed by atoms with Crippen molar-refractivity contribution >= 4 is 17.5 Å². The van der Waals surface area contributed by atoms with Gasteiger partial charge in [0.15, 0.2) is 5.82 Å². The molecule has 2 N–H and O–H groups in total. The number of aryl methyl sites for hydroxylation is 1. The van der Waals surface area contributed by atoms with E-state index in [4.69, 9.17) is 4.52 Å². The maximum Gasteiger partial charge on any atom is 0.257 e. The van der Waals surface area contributed by atoms with Crippen LogP contribution in [0.3, 0.4) is 0 Å². The second kappa shape index (κ2) is 7.82. The van der Waals surface area contributed by atoms with Crippen LogP contribution in [0.5, 0.6) is 0 Å².